The van der Waals surface area contributed by atoms with E-state index in [4.69, 9.17) is 14.2 Å². The molecule has 3 heteroatoms. The molecule has 0 spiro atoms. The van der Waals surface area contributed by atoms with Crippen LogP contribution < -0.4 is 4.74 Å². The molecule has 1 heterocycles. The summed E-state index contributed by atoms with van der Waals surface area (Å²) in [5.74, 6) is 3.91. The van der Waals surface area contributed by atoms with Crippen LogP contribution in [0.2, 0.25) is 0 Å². The molecule has 1 aromatic rings. The second-order valence-electron chi connectivity index (χ2n) is 8.20. The average molecular weight is 314 g/mol. The number of hydrogen-bond acceptors (Lipinski definition) is 3. The van der Waals surface area contributed by atoms with E-state index < -0.39 is 0 Å². The van der Waals surface area contributed by atoms with Gasteiger partial charge >= 0.3 is 0 Å². The Morgan fingerprint density at radius 1 is 0.870 bits per heavy atom. The van der Waals surface area contributed by atoms with Crippen molar-refractivity contribution < 1.29 is 14.2 Å². The van der Waals surface area contributed by atoms with Gasteiger partial charge in [-0.15, -0.1) is 0 Å². The SMILES string of the molecule is c1cc(C23CC4CC(CC(C4)C2)C3)ccc1OCC1OCCO1. The van der Waals surface area contributed by atoms with Crippen molar-refractivity contribution in [2.24, 2.45) is 17.8 Å². The Labute approximate surface area is 138 Å². The maximum absolute atomic E-state index is 5.81. The smallest absolute Gasteiger partial charge is 0.191 e. The van der Waals surface area contributed by atoms with Crippen LogP contribution in [0.5, 0.6) is 5.75 Å². The quantitative estimate of drug-likeness (QED) is 0.843. The lowest BCUT2D eigenvalue weighted by atomic mass is 9.48. The summed E-state index contributed by atoms with van der Waals surface area (Å²) in [7, 11) is 0. The lowest BCUT2D eigenvalue weighted by Crippen LogP contribution is -2.48. The molecule has 4 bridgehead atoms. The monoisotopic (exact) mass is 314 g/mol. The predicted molar refractivity (Wildman–Crippen MR) is 87.5 cm³/mol. The van der Waals surface area contributed by atoms with Crippen molar-refractivity contribution >= 4 is 0 Å². The van der Waals surface area contributed by atoms with Crippen LogP contribution in [0.1, 0.15) is 44.1 Å². The molecule has 0 aromatic heterocycles. The first-order chi connectivity index (χ1) is 11.3. The van der Waals surface area contributed by atoms with Gasteiger partial charge in [0.25, 0.3) is 0 Å². The number of rotatable bonds is 4. The minimum Gasteiger partial charge on any atom is -0.488 e. The van der Waals surface area contributed by atoms with Gasteiger partial charge in [-0.2, -0.15) is 0 Å². The van der Waals surface area contributed by atoms with Crippen LogP contribution in [0.3, 0.4) is 0 Å². The van der Waals surface area contributed by atoms with Crippen molar-refractivity contribution in [1.29, 1.82) is 0 Å². The van der Waals surface area contributed by atoms with E-state index in [-0.39, 0.29) is 6.29 Å². The Morgan fingerprint density at radius 2 is 1.43 bits per heavy atom. The molecule has 4 saturated carbocycles. The zero-order chi connectivity index (χ0) is 15.3. The Morgan fingerprint density at radius 3 is 2.00 bits per heavy atom. The van der Waals surface area contributed by atoms with Crippen LogP contribution in [0.15, 0.2) is 24.3 Å². The van der Waals surface area contributed by atoms with Gasteiger partial charge in [0.15, 0.2) is 6.29 Å². The van der Waals surface area contributed by atoms with E-state index in [2.05, 4.69) is 24.3 Å². The molecule has 1 saturated heterocycles. The van der Waals surface area contributed by atoms with E-state index >= 15 is 0 Å². The highest BCUT2D eigenvalue weighted by atomic mass is 16.7. The minimum atomic E-state index is -0.196. The van der Waals surface area contributed by atoms with Crippen LogP contribution >= 0.6 is 0 Å². The lowest BCUT2D eigenvalue weighted by molar-refractivity contribution is -0.0684. The highest BCUT2D eigenvalue weighted by molar-refractivity contribution is 5.34. The molecule has 0 amide bonds. The van der Waals surface area contributed by atoms with Gasteiger partial charge in [-0.1, -0.05) is 12.1 Å². The van der Waals surface area contributed by atoms with Crippen molar-refractivity contribution in [1.82, 2.24) is 0 Å². The summed E-state index contributed by atoms with van der Waals surface area (Å²) >= 11 is 0. The van der Waals surface area contributed by atoms with E-state index in [0.717, 1.165) is 23.5 Å². The molecule has 4 aliphatic carbocycles. The average Bonchev–Trinajstić information content (AvgIpc) is 3.05. The first-order valence-corrected chi connectivity index (χ1v) is 9.26. The molecule has 0 unspecified atom stereocenters. The van der Waals surface area contributed by atoms with Gasteiger partial charge in [-0.25, -0.2) is 0 Å². The highest BCUT2D eigenvalue weighted by Crippen LogP contribution is 2.60. The Kier molecular flexibility index (Phi) is 3.41. The van der Waals surface area contributed by atoms with Crippen molar-refractivity contribution in [2.45, 2.75) is 50.2 Å². The zero-order valence-electron chi connectivity index (χ0n) is 13.7. The van der Waals surface area contributed by atoms with Crippen molar-refractivity contribution in [3.8, 4) is 5.75 Å². The van der Waals surface area contributed by atoms with Crippen LogP contribution in [-0.4, -0.2) is 26.1 Å². The topological polar surface area (TPSA) is 27.7 Å². The fourth-order valence-electron chi connectivity index (χ4n) is 6.04. The molecule has 23 heavy (non-hydrogen) atoms. The Hall–Kier alpha value is -1.06. The van der Waals surface area contributed by atoms with Crippen LogP contribution in [0.4, 0.5) is 0 Å². The molecule has 1 aliphatic heterocycles. The number of ether oxygens (including phenoxy) is 3. The molecular weight excluding hydrogens is 288 g/mol. The predicted octanol–water partition coefficient (Wildman–Crippen LogP) is 3.91. The second-order valence-corrected chi connectivity index (χ2v) is 8.20. The standard InChI is InChI=1S/C20H26O3/c1-3-18(23-13-19-21-5-6-22-19)4-2-17(1)20-10-14-7-15(11-20)9-16(8-14)12-20/h1-4,14-16,19H,5-13H2. The van der Waals surface area contributed by atoms with Gasteiger partial charge in [-0.3, -0.25) is 0 Å². The molecule has 0 atom stereocenters. The maximum atomic E-state index is 5.81. The molecule has 0 N–H and O–H groups in total. The normalized spacial score (nSPS) is 39.0. The first kappa shape index (κ1) is 14.3. The molecule has 1 aromatic carbocycles. The highest BCUT2D eigenvalue weighted by Gasteiger charge is 2.51. The van der Waals surface area contributed by atoms with Gasteiger partial charge in [0, 0.05) is 0 Å². The first-order valence-electron chi connectivity index (χ1n) is 9.26. The summed E-state index contributed by atoms with van der Waals surface area (Å²) in [6, 6.07) is 8.92. The number of benzene rings is 1. The van der Waals surface area contributed by atoms with Crippen molar-refractivity contribution in [2.75, 3.05) is 19.8 Å². The lowest BCUT2D eigenvalue weighted by Gasteiger charge is -2.57. The third-order valence-electron chi connectivity index (χ3n) is 6.58. The van der Waals surface area contributed by atoms with Gasteiger partial charge in [0.05, 0.1) is 13.2 Å². The molecular formula is C20H26O3. The Bertz CT molecular complexity index is 523. The summed E-state index contributed by atoms with van der Waals surface area (Å²) in [4.78, 5) is 0. The number of hydrogen-bond donors (Lipinski definition) is 0. The van der Waals surface area contributed by atoms with Crippen molar-refractivity contribution in [3.63, 3.8) is 0 Å². The van der Waals surface area contributed by atoms with Crippen LogP contribution in [0, 0.1) is 17.8 Å². The summed E-state index contributed by atoms with van der Waals surface area (Å²) < 4.78 is 16.6. The second kappa shape index (κ2) is 5.49. The van der Waals surface area contributed by atoms with Crippen molar-refractivity contribution in [3.05, 3.63) is 29.8 Å². The third-order valence-corrected chi connectivity index (χ3v) is 6.58. The van der Waals surface area contributed by atoms with Gasteiger partial charge in [0.2, 0.25) is 0 Å². The molecule has 5 fully saturated rings. The van der Waals surface area contributed by atoms with Crippen LogP contribution in [-0.2, 0) is 14.9 Å². The fraction of sp³-hybridized carbons (Fsp3) is 0.700. The van der Waals surface area contributed by atoms with E-state index in [0.29, 0.717) is 25.2 Å². The summed E-state index contributed by atoms with van der Waals surface area (Å²) in [6.45, 7) is 1.84. The molecule has 5 aliphatic rings. The summed E-state index contributed by atoms with van der Waals surface area (Å²) in [5, 5.41) is 0. The summed E-state index contributed by atoms with van der Waals surface area (Å²) in [5.41, 5.74) is 2.03. The van der Waals surface area contributed by atoms with Crippen LogP contribution in [0.25, 0.3) is 0 Å². The molecule has 3 nitrogen and oxygen atoms in total. The third kappa shape index (κ3) is 2.58. The van der Waals surface area contributed by atoms with E-state index in [9.17, 15) is 0 Å². The molecule has 124 valence electrons. The molecule has 6 rings (SSSR count). The zero-order valence-corrected chi connectivity index (χ0v) is 13.7. The fourth-order valence-corrected chi connectivity index (χ4v) is 6.04. The van der Waals surface area contributed by atoms with E-state index in [1.807, 2.05) is 0 Å². The maximum Gasteiger partial charge on any atom is 0.191 e. The summed E-state index contributed by atoms with van der Waals surface area (Å²) in [6.07, 6.45) is 8.57. The molecule has 0 radical (unpaired) electrons. The van der Waals surface area contributed by atoms with E-state index in [1.165, 1.54) is 38.5 Å². The van der Waals surface area contributed by atoms with E-state index in [1.54, 1.807) is 5.56 Å². The van der Waals surface area contributed by atoms with Gasteiger partial charge in [0.1, 0.15) is 12.4 Å². The van der Waals surface area contributed by atoms with Gasteiger partial charge < -0.3 is 14.2 Å². The Balaban J connectivity index is 1.29. The van der Waals surface area contributed by atoms with Gasteiger partial charge in [-0.05, 0) is 79.4 Å². The minimum absolute atomic E-state index is 0.196. The largest absolute Gasteiger partial charge is 0.488 e.